The van der Waals surface area contributed by atoms with E-state index in [9.17, 15) is 0 Å². The van der Waals surface area contributed by atoms with E-state index in [2.05, 4.69) is 11.4 Å². The molecule has 0 aliphatic heterocycles. The van der Waals surface area contributed by atoms with Gasteiger partial charge in [0.1, 0.15) is 0 Å². The van der Waals surface area contributed by atoms with E-state index in [0.717, 1.165) is 11.3 Å². The molecule has 0 unspecified atom stereocenters. The van der Waals surface area contributed by atoms with Crippen LogP contribution in [0.2, 0.25) is 0 Å². The molecule has 0 aliphatic carbocycles. The number of anilines is 1. The van der Waals surface area contributed by atoms with Crippen LogP contribution < -0.4 is 5.32 Å². The monoisotopic (exact) mass is 220 g/mol. The molecule has 0 spiro atoms. The molecule has 0 fully saturated rings. The SMILES string of the molecule is COC(CNc1ccc(C#N)c(C)c1)OC. The molecule has 0 radical (unpaired) electrons. The van der Waals surface area contributed by atoms with Gasteiger partial charge in [-0.05, 0) is 30.7 Å². The molecule has 0 amide bonds. The first-order valence-corrected chi connectivity index (χ1v) is 5.01. The number of hydrogen-bond donors (Lipinski definition) is 1. The van der Waals surface area contributed by atoms with Gasteiger partial charge in [-0.2, -0.15) is 5.26 Å². The molecular weight excluding hydrogens is 204 g/mol. The molecule has 1 N–H and O–H groups in total. The van der Waals surface area contributed by atoms with Crippen molar-refractivity contribution in [2.24, 2.45) is 0 Å². The standard InChI is InChI=1S/C12H16N2O2/c1-9-6-11(5-4-10(9)7-13)14-8-12(15-2)16-3/h4-6,12,14H,8H2,1-3H3. The summed E-state index contributed by atoms with van der Waals surface area (Å²) in [6, 6.07) is 7.73. The number of hydrogen-bond acceptors (Lipinski definition) is 4. The van der Waals surface area contributed by atoms with E-state index >= 15 is 0 Å². The maximum atomic E-state index is 8.79. The smallest absolute Gasteiger partial charge is 0.173 e. The summed E-state index contributed by atoms with van der Waals surface area (Å²) >= 11 is 0. The predicted molar refractivity (Wildman–Crippen MR) is 62.2 cm³/mol. The Kier molecular flexibility index (Phi) is 4.77. The van der Waals surface area contributed by atoms with Gasteiger partial charge in [0.05, 0.1) is 18.2 Å². The molecule has 16 heavy (non-hydrogen) atoms. The van der Waals surface area contributed by atoms with Crippen molar-refractivity contribution >= 4 is 5.69 Å². The van der Waals surface area contributed by atoms with Gasteiger partial charge in [-0.15, -0.1) is 0 Å². The van der Waals surface area contributed by atoms with Gasteiger partial charge < -0.3 is 14.8 Å². The number of nitrogens with one attached hydrogen (secondary N) is 1. The summed E-state index contributed by atoms with van der Waals surface area (Å²) in [5, 5.41) is 12.0. The number of methoxy groups -OCH3 is 2. The van der Waals surface area contributed by atoms with Crippen LogP contribution in [0.3, 0.4) is 0 Å². The summed E-state index contributed by atoms with van der Waals surface area (Å²) in [7, 11) is 3.19. The molecule has 0 bridgehead atoms. The maximum Gasteiger partial charge on any atom is 0.173 e. The Bertz CT molecular complexity index is 381. The van der Waals surface area contributed by atoms with Crippen LogP contribution in [-0.4, -0.2) is 27.1 Å². The minimum absolute atomic E-state index is 0.268. The predicted octanol–water partition coefficient (Wildman–Crippen LogP) is 1.90. The molecule has 0 saturated carbocycles. The average molecular weight is 220 g/mol. The molecular formula is C12H16N2O2. The fourth-order valence-corrected chi connectivity index (χ4v) is 1.36. The molecule has 0 aliphatic rings. The molecule has 1 aromatic carbocycles. The fraction of sp³-hybridized carbons (Fsp3) is 0.417. The third kappa shape index (κ3) is 3.23. The first-order valence-electron chi connectivity index (χ1n) is 5.01. The van der Waals surface area contributed by atoms with E-state index in [4.69, 9.17) is 14.7 Å². The molecule has 0 heterocycles. The molecule has 4 nitrogen and oxygen atoms in total. The van der Waals surface area contributed by atoms with E-state index in [1.165, 1.54) is 0 Å². The van der Waals surface area contributed by atoms with Gasteiger partial charge in [0.2, 0.25) is 0 Å². The highest BCUT2D eigenvalue weighted by atomic mass is 16.7. The Morgan fingerprint density at radius 1 is 1.38 bits per heavy atom. The average Bonchev–Trinajstić information content (AvgIpc) is 2.30. The molecule has 0 aromatic heterocycles. The first-order chi connectivity index (χ1) is 7.71. The van der Waals surface area contributed by atoms with Gasteiger partial charge in [0.25, 0.3) is 0 Å². The zero-order valence-corrected chi connectivity index (χ0v) is 9.78. The van der Waals surface area contributed by atoms with Crippen molar-refractivity contribution in [1.29, 1.82) is 5.26 Å². The van der Waals surface area contributed by atoms with Gasteiger partial charge in [-0.25, -0.2) is 0 Å². The summed E-state index contributed by atoms with van der Waals surface area (Å²) in [6.07, 6.45) is -0.268. The summed E-state index contributed by atoms with van der Waals surface area (Å²) in [5.74, 6) is 0. The van der Waals surface area contributed by atoms with Crippen LogP contribution in [0.15, 0.2) is 18.2 Å². The summed E-state index contributed by atoms with van der Waals surface area (Å²) in [4.78, 5) is 0. The number of aryl methyl sites for hydroxylation is 1. The van der Waals surface area contributed by atoms with Crippen molar-refractivity contribution in [2.45, 2.75) is 13.2 Å². The molecule has 0 saturated heterocycles. The molecule has 0 atom stereocenters. The van der Waals surface area contributed by atoms with E-state index in [1.54, 1.807) is 20.3 Å². The third-order valence-corrected chi connectivity index (χ3v) is 2.35. The fourth-order valence-electron chi connectivity index (χ4n) is 1.36. The lowest BCUT2D eigenvalue weighted by Crippen LogP contribution is -2.23. The van der Waals surface area contributed by atoms with Crippen molar-refractivity contribution in [3.63, 3.8) is 0 Å². The largest absolute Gasteiger partial charge is 0.380 e. The van der Waals surface area contributed by atoms with Crippen molar-refractivity contribution in [3.8, 4) is 6.07 Å². The van der Waals surface area contributed by atoms with E-state index < -0.39 is 0 Å². The molecule has 1 aromatic rings. The van der Waals surface area contributed by atoms with Crippen LogP contribution >= 0.6 is 0 Å². The second-order valence-electron chi connectivity index (χ2n) is 3.42. The van der Waals surface area contributed by atoms with E-state index in [0.29, 0.717) is 12.1 Å². The third-order valence-electron chi connectivity index (χ3n) is 2.35. The topological polar surface area (TPSA) is 54.3 Å². The minimum atomic E-state index is -0.268. The lowest BCUT2D eigenvalue weighted by Gasteiger charge is -2.15. The van der Waals surface area contributed by atoms with Gasteiger partial charge in [-0.1, -0.05) is 0 Å². The summed E-state index contributed by atoms with van der Waals surface area (Å²) in [5.41, 5.74) is 2.61. The van der Waals surface area contributed by atoms with Gasteiger partial charge in [-0.3, -0.25) is 0 Å². The highest BCUT2D eigenvalue weighted by Gasteiger charge is 2.04. The Hall–Kier alpha value is -1.57. The van der Waals surface area contributed by atoms with Crippen LogP contribution in [-0.2, 0) is 9.47 Å². The van der Waals surface area contributed by atoms with E-state index in [1.807, 2.05) is 19.1 Å². The van der Waals surface area contributed by atoms with Crippen molar-refractivity contribution in [2.75, 3.05) is 26.1 Å². The zero-order valence-electron chi connectivity index (χ0n) is 9.78. The quantitative estimate of drug-likeness (QED) is 0.770. The minimum Gasteiger partial charge on any atom is -0.380 e. The molecule has 4 heteroatoms. The van der Waals surface area contributed by atoms with Crippen LogP contribution in [0.25, 0.3) is 0 Å². The normalized spacial score (nSPS) is 10.2. The van der Waals surface area contributed by atoms with Gasteiger partial charge in [0.15, 0.2) is 6.29 Å². The Labute approximate surface area is 95.8 Å². The first kappa shape index (κ1) is 12.5. The second kappa shape index (κ2) is 6.11. The maximum absolute atomic E-state index is 8.79. The van der Waals surface area contributed by atoms with Crippen LogP contribution in [0.1, 0.15) is 11.1 Å². The number of nitriles is 1. The lowest BCUT2D eigenvalue weighted by molar-refractivity contribution is -0.0914. The zero-order chi connectivity index (χ0) is 12.0. The van der Waals surface area contributed by atoms with Crippen LogP contribution in [0, 0.1) is 18.3 Å². The van der Waals surface area contributed by atoms with Crippen molar-refractivity contribution < 1.29 is 9.47 Å². The van der Waals surface area contributed by atoms with Crippen LogP contribution in [0.4, 0.5) is 5.69 Å². The van der Waals surface area contributed by atoms with Crippen molar-refractivity contribution in [1.82, 2.24) is 0 Å². The Morgan fingerprint density at radius 3 is 2.56 bits per heavy atom. The van der Waals surface area contributed by atoms with Crippen LogP contribution in [0.5, 0.6) is 0 Å². The van der Waals surface area contributed by atoms with Crippen molar-refractivity contribution in [3.05, 3.63) is 29.3 Å². The number of rotatable bonds is 5. The summed E-state index contributed by atoms with van der Waals surface area (Å²) < 4.78 is 10.1. The molecule has 86 valence electrons. The highest BCUT2D eigenvalue weighted by Crippen LogP contribution is 2.14. The van der Waals surface area contributed by atoms with E-state index in [-0.39, 0.29) is 6.29 Å². The Balaban J connectivity index is 2.62. The number of ether oxygens (including phenoxy) is 2. The highest BCUT2D eigenvalue weighted by molar-refractivity contribution is 5.51. The Morgan fingerprint density at radius 2 is 2.06 bits per heavy atom. The second-order valence-corrected chi connectivity index (χ2v) is 3.42. The number of nitrogens with zero attached hydrogens (tertiary/aromatic N) is 1. The summed E-state index contributed by atoms with van der Waals surface area (Å²) in [6.45, 7) is 2.48. The van der Waals surface area contributed by atoms with Gasteiger partial charge in [0, 0.05) is 19.9 Å². The lowest BCUT2D eigenvalue weighted by atomic mass is 10.1. The molecule has 1 rings (SSSR count). The number of benzene rings is 1. The van der Waals surface area contributed by atoms with Gasteiger partial charge >= 0.3 is 0 Å².